The smallest absolute Gasteiger partial charge is 0.319 e. The number of nitrogens with zero attached hydrogens (tertiary/aromatic N) is 1. The fraction of sp³-hybridized carbons (Fsp3) is 0.462. The zero-order valence-corrected chi connectivity index (χ0v) is 12.3. The third-order valence-corrected chi connectivity index (χ3v) is 3.39. The highest BCUT2D eigenvalue weighted by atomic mass is 79.9. The normalized spacial score (nSPS) is 16.1. The fourth-order valence-corrected chi connectivity index (χ4v) is 2.29. The van der Waals surface area contributed by atoms with Crippen molar-refractivity contribution >= 4 is 27.6 Å². The van der Waals surface area contributed by atoms with Crippen LogP contribution in [0, 0.1) is 0 Å². The third-order valence-electron chi connectivity index (χ3n) is 2.90. The summed E-state index contributed by atoms with van der Waals surface area (Å²) < 4.78 is 6.21. The quantitative estimate of drug-likeness (QED) is 0.888. The molecule has 0 unspecified atom stereocenters. The van der Waals surface area contributed by atoms with E-state index in [4.69, 9.17) is 4.74 Å². The Morgan fingerprint density at radius 1 is 1.37 bits per heavy atom. The summed E-state index contributed by atoms with van der Waals surface area (Å²) in [6, 6.07) is 7.34. The molecule has 1 aliphatic heterocycles. The predicted molar refractivity (Wildman–Crippen MR) is 78.4 cm³/mol. The van der Waals surface area contributed by atoms with Gasteiger partial charge in [-0.15, -0.1) is 0 Å². The molecule has 0 saturated carbocycles. The van der Waals surface area contributed by atoms with Crippen LogP contribution in [-0.4, -0.2) is 50.3 Å². The Balaban J connectivity index is 1.67. The van der Waals surface area contributed by atoms with Crippen molar-refractivity contribution in [2.75, 3.05) is 44.7 Å². The molecule has 1 heterocycles. The number of morpholine rings is 1. The zero-order valence-electron chi connectivity index (χ0n) is 10.7. The Morgan fingerprint density at radius 2 is 2.16 bits per heavy atom. The maximum absolute atomic E-state index is 11.7. The third kappa shape index (κ3) is 5.18. The fourth-order valence-electron chi connectivity index (χ4n) is 1.89. The van der Waals surface area contributed by atoms with Gasteiger partial charge in [-0.2, -0.15) is 0 Å². The van der Waals surface area contributed by atoms with Crippen LogP contribution in [0.4, 0.5) is 10.5 Å². The first-order valence-corrected chi connectivity index (χ1v) is 7.14. The minimum Gasteiger partial charge on any atom is -0.379 e. The van der Waals surface area contributed by atoms with Crippen molar-refractivity contribution in [3.05, 3.63) is 28.7 Å². The van der Waals surface area contributed by atoms with E-state index in [2.05, 4.69) is 31.5 Å². The second-order valence-corrected chi connectivity index (χ2v) is 5.26. The lowest BCUT2D eigenvalue weighted by atomic mass is 10.3. The van der Waals surface area contributed by atoms with Crippen molar-refractivity contribution in [2.24, 2.45) is 0 Å². The number of halogens is 1. The van der Waals surface area contributed by atoms with Crippen LogP contribution in [0.3, 0.4) is 0 Å². The van der Waals surface area contributed by atoms with Gasteiger partial charge < -0.3 is 15.4 Å². The number of benzene rings is 1. The van der Waals surface area contributed by atoms with Gasteiger partial charge in [-0.25, -0.2) is 4.79 Å². The monoisotopic (exact) mass is 327 g/mol. The molecule has 1 fully saturated rings. The second kappa shape index (κ2) is 7.47. The van der Waals surface area contributed by atoms with Crippen LogP contribution in [0.2, 0.25) is 0 Å². The van der Waals surface area contributed by atoms with Crippen molar-refractivity contribution in [3.8, 4) is 0 Å². The molecule has 2 N–H and O–H groups in total. The van der Waals surface area contributed by atoms with Gasteiger partial charge in [-0.1, -0.05) is 22.0 Å². The van der Waals surface area contributed by atoms with Crippen LogP contribution >= 0.6 is 15.9 Å². The molecule has 1 aliphatic rings. The molecule has 1 aromatic rings. The lowest BCUT2D eigenvalue weighted by molar-refractivity contribution is 0.0388. The molecular weight excluding hydrogens is 310 g/mol. The summed E-state index contributed by atoms with van der Waals surface area (Å²) >= 11 is 3.37. The molecule has 19 heavy (non-hydrogen) atoms. The van der Waals surface area contributed by atoms with Gasteiger partial charge in [-0.05, 0) is 18.2 Å². The number of carbonyl (C=O) groups is 1. The molecule has 0 aromatic heterocycles. The first kappa shape index (κ1) is 14.3. The van der Waals surface area contributed by atoms with Crippen LogP contribution in [0.1, 0.15) is 0 Å². The van der Waals surface area contributed by atoms with E-state index in [1.807, 2.05) is 24.3 Å². The molecule has 5 nitrogen and oxygen atoms in total. The number of amides is 2. The molecule has 0 spiro atoms. The maximum Gasteiger partial charge on any atom is 0.319 e. The molecule has 0 aliphatic carbocycles. The van der Waals surface area contributed by atoms with Crippen molar-refractivity contribution in [1.29, 1.82) is 0 Å². The van der Waals surface area contributed by atoms with E-state index in [9.17, 15) is 4.79 Å². The molecule has 6 heteroatoms. The van der Waals surface area contributed by atoms with Gasteiger partial charge in [0, 0.05) is 36.3 Å². The predicted octanol–water partition coefficient (Wildman–Crippen LogP) is 1.90. The molecule has 1 aromatic carbocycles. The van der Waals surface area contributed by atoms with E-state index in [0.29, 0.717) is 6.54 Å². The Morgan fingerprint density at radius 3 is 2.89 bits per heavy atom. The number of anilines is 1. The topological polar surface area (TPSA) is 53.6 Å². The van der Waals surface area contributed by atoms with E-state index in [1.165, 1.54) is 0 Å². The standard InChI is InChI=1S/C13H18BrN3O2/c14-11-2-1-3-12(10-11)16-13(18)15-4-5-17-6-8-19-9-7-17/h1-3,10H,4-9H2,(H2,15,16,18). The van der Waals surface area contributed by atoms with Gasteiger partial charge in [0.1, 0.15) is 0 Å². The summed E-state index contributed by atoms with van der Waals surface area (Å²) in [4.78, 5) is 14.0. The number of carbonyl (C=O) groups excluding carboxylic acids is 1. The van der Waals surface area contributed by atoms with Crippen molar-refractivity contribution in [2.45, 2.75) is 0 Å². The molecule has 2 amide bonds. The van der Waals surface area contributed by atoms with Crippen molar-refractivity contribution in [3.63, 3.8) is 0 Å². The first-order valence-electron chi connectivity index (χ1n) is 6.34. The SMILES string of the molecule is O=C(NCCN1CCOCC1)Nc1cccc(Br)c1. The summed E-state index contributed by atoms with van der Waals surface area (Å²) in [6.07, 6.45) is 0. The number of hydrogen-bond donors (Lipinski definition) is 2. The van der Waals surface area contributed by atoms with Crippen LogP contribution in [0.5, 0.6) is 0 Å². The largest absolute Gasteiger partial charge is 0.379 e. The molecule has 104 valence electrons. The van der Waals surface area contributed by atoms with Gasteiger partial charge in [0.05, 0.1) is 13.2 Å². The number of ether oxygens (including phenoxy) is 1. The summed E-state index contributed by atoms with van der Waals surface area (Å²) in [5, 5.41) is 5.65. The van der Waals surface area contributed by atoms with E-state index in [0.717, 1.165) is 43.0 Å². The number of hydrogen-bond acceptors (Lipinski definition) is 3. The lowest BCUT2D eigenvalue weighted by Gasteiger charge is -2.26. The Bertz CT molecular complexity index is 422. The molecular formula is C13H18BrN3O2. The highest BCUT2D eigenvalue weighted by molar-refractivity contribution is 9.10. The van der Waals surface area contributed by atoms with Crippen molar-refractivity contribution in [1.82, 2.24) is 10.2 Å². The van der Waals surface area contributed by atoms with Crippen LogP contribution in [-0.2, 0) is 4.74 Å². The van der Waals surface area contributed by atoms with Crippen LogP contribution in [0.25, 0.3) is 0 Å². The summed E-state index contributed by atoms with van der Waals surface area (Å²) in [6.45, 7) is 4.94. The number of nitrogens with one attached hydrogen (secondary N) is 2. The zero-order chi connectivity index (χ0) is 13.5. The van der Waals surface area contributed by atoms with Gasteiger partial charge in [0.25, 0.3) is 0 Å². The molecule has 0 bridgehead atoms. The molecule has 1 saturated heterocycles. The summed E-state index contributed by atoms with van der Waals surface area (Å²) in [7, 11) is 0. The van der Waals surface area contributed by atoms with E-state index in [-0.39, 0.29) is 6.03 Å². The maximum atomic E-state index is 11.7. The van der Waals surface area contributed by atoms with Crippen LogP contribution in [0.15, 0.2) is 28.7 Å². The van der Waals surface area contributed by atoms with Crippen molar-refractivity contribution < 1.29 is 9.53 Å². The lowest BCUT2D eigenvalue weighted by Crippen LogP contribution is -2.42. The Kier molecular flexibility index (Phi) is 5.62. The van der Waals surface area contributed by atoms with E-state index < -0.39 is 0 Å². The molecule has 0 radical (unpaired) electrons. The van der Waals surface area contributed by atoms with E-state index >= 15 is 0 Å². The van der Waals surface area contributed by atoms with Gasteiger partial charge >= 0.3 is 6.03 Å². The average Bonchev–Trinajstić information content (AvgIpc) is 2.40. The van der Waals surface area contributed by atoms with Gasteiger partial charge in [-0.3, -0.25) is 4.90 Å². The Hall–Kier alpha value is -1.11. The Labute approximate surface area is 121 Å². The summed E-state index contributed by atoms with van der Waals surface area (Å²) in [5.74, 6) is 0. The van der Waals surface area contributed by atoms with Gasteiger partial charge in [0.15, 0.2) is 0 Å². The average molecular weight is 328 g/mol. The minimum absolute atomic E-state index is 0.175. The highest BCUT2D eigenvalue weighted by Crippen LogP contribution is 2.15. The number of urea groups is 1. The highest BCUT2D eigenvalue weighted by Gasteiger charge is 2.10. The molecule has 0 atom stereocenters. The van der Waals surface area contributed by atoms with E-state index in [1.54, 1.807) is 0 Å². The second-order valence-electron chi connectivity index (χ2n) is 4.35. The van der Waals surface area contributed by atoms with Gasteiger partial charge in [0.2, 0.25) is 0 Å². The molecule has 2 rings (SSSR count). The minimum atomic E-state index is -0.175. The number of rotatable bonds is 4. The van der Waals surface area contributed by atoms with Crippen LogP contribution < -0.4 is 10.6 Å². The summed E-state index contributed by atoms with van der Waals surface area (Å²) in [5.41, 5.74) is 0.776. The first-order chi connectivity index (χ1) is 9.24.